The van der Waals surface area contributed by atoms with Gasteiger partial charge in [-0.05, 0) is 83.9 Å². The van der Waals surface area contributed by atoms with Crippen molar-refractivity contribution in [1.82, 2.24) is 15.5 Å². The molecule has 8 heteroatoms. The van der Waals surface area contributed by atoms with Gasteiger partial charge in [-0.3, -0.25) is 9.59 Å². The standard InChI is InChI=1S/C29H49N3O5/c1-11-20(6)24(31-28(36)37-29(8,9)10)27(35)32(21(7)13-12-18(2)3)25(26(34)30-19(4)5)22-14-16-23(33)17-15-22/h14-21,24-25,33H,11-13H2,1-10H3,(H,30,34)(H,31,36). The second-order valence-electron chi connectivity index (χ2n) is 11.7. The highest BCUT2D eigenvalue weighted by atomic mass is 16.6. The lowest BCUT2D eigenvalue weighted by Crippen LogP contribution is -2.57. The fourth-order valence-corrected chi connectivity index (χ4v) is 4.05. The minimum atomic E-state index is -0.940. The number of carbonyl (C=O) groups is 3. The molecule has 0 spiro atoms. The number of ether oxygens (including phenoxy) is 1. The van der Waals surface area contributed by atoms with Gasteiger partial charge in [-0.1, -0.05) is 46.2 Å². The van der Waals surface area contributed by atoms with Crippen LogP contribution in [-0.4, -0.2) is 51.6 Å². The third kappa shape index (κ3) is 10.6. The maximum Gasteiger partial charge on any atom is 0.408 e. The monoisotopic (exact) mass is 519 g/mol. The van der Waals surface area contributed by atoms with Crippen LogP contribution < -0.4 is 10.6 Å². The summed E-state index contributed by atoms with van der Waals surface area (Å²) in [4.78, 5) is 42.3. The fourth-order valence-electron chi connectivity index (χ4n) is 4.05. The van der Waals surface area contributed by atoms with E-state index < -0.39 is 23.8 Å². The zero-order valence-electron chi connectivity index (χ0n) is 24.4. The molecule has 3 amide bonds. The highest BCUT2D eigenvalue weighted by Gasteiger charge is 2.40. The first-order chi connectivity index (χ1) is 17.1. The molecule has 1 rings (SSSR count). The number of alkyl carbamates (subject to hydrolysis) is 1. The second-order valence-corrected chi connectivity index (χ2v) is 11.7. The molecule has 37 heavy (non-hydrogen) atoms. The van der Waals surface area contributed by atoms with Crippen LogP contribution in [0.15, 0.2) is 24.3 Å². The Balaban J connectivity index is 3.62. The highest BCUT2D eigenvalue weighted by Crippen LogP contribution is 2.30. The lowest BCUT2D eigenvalue weighted by Gasteiger charge is -2.40. The number of rotatable bonds is 12. The first kappa shape index (κ1) is 32.3. The molecular weight excluding hydrogens is 470 g/mol. The number of hydrogen-bond donors (Lipinski definition) is 3. The summed E-state index contributed by atoms with van der Waals surface area (Å²) in [7, 11) is 0. The van der Waals surface area contributed by atoms with Crippen LogP contribution in [0.3, 0.4) is 0 Å². The summed E-state index contributed by atoms with van der Waals surface area (Å²) in [6, 6.07) is 4.09. The Labute approximate surface area is 223 Å². The predicted octanol–water partition coefficient (Wildman–Crippen LogP) is 5.55. The quantitative estimate of drug-likeness (QED) is 0.335. The number of nitrogens with one attached hydrogen (secondary N) is 2. The van der Waals surface area contributed by atoms with E-state index in [9.17, 15) is 19.5 Å². The van der Waals surface area contributed by atoms with Gasteiger partial charge in [-0.2, -0.15) is 0 Å². The van der Waals surface area contributed by atoms with Crippen LogP contribution in [0.2, 0.25) is 0 Å². The average molecular weight is 520 g/mol. The van der Waals surface area contributed by atoms with Crippen LogP contribution in [0.25, 0.3) is 0 Å². The third-order valence-electron chi connectivity index (χ3n) is 6.21. The number of hydrogen-bond acceptors (Lipinski definition) is 5. The van der Waals surface area contributed by atoms with Crippen molar-refractivity contribution in [3.63, 3.8) is 0 Å². The number of aromatic hydroxyl groups is 1. The van der Waals surface area contributed by atoms with E-state index in [4.69, 9.17) is 4.74 Å². The SMILES string of the molecule is CCC(C)C(NC(=O)OC(C)(C)C)C(=O)N(C(C)CCC(C)C)C(C(=O)NC(C)C)c1ccc(O)cc1. The maximum absolute atomic E-state index is 14.3. The molecule has 1 aromatic rings. The Bertz CT molecular complexity index is 877. The summed E-state index contributed by atoms with van der Waals surface area (Å²) in [5.41, 5.74) is -0.135. The molecule has 0 radical (unpaired) electrons. The van der Waals surface area contributed by atoms with E-state index in [0.29, 0.717) is 24.3 Å². The topological polar surface area (TPSA) is 108 Å². The van der Waals surface area contributed by atoms with Crippen LogP contribution in [0.1, 0.15) is 100 Å². The number of amides is 3. The molecule has 4 unspecified atom stereocenters. The van der Waals surface area contributed by atoms with Gasteiger partial charge in [-0.15, -0.1) is 0 Å². The molecule has 0 aliphatic heterocycles. The van der Waals surface area contributed by atoms with Crippen molar-refractivity contribution in [2.45, 2.75) is 118 Å². The smallest absolute Gasteiger partial charge is 0.408 e. The number of nitrogens with zero attached hydrogens (tertiary/aromatic N) is 1. The van der Waals surface area contributed by atoms with Crippen molar-refractivity contribution < 1.29 is 24.2 Å². The first-order valence-electron chi connectivity index (χ1n) is 13.5. The van der Waals surface area contributed by atoms with Crippen LogP contribution in [0.5, 0.6) is 5.75 Å². The zero-order valence-corrected chi connectivity index (χ0v) is 24.4. The van der Waals surface area contributed by atoms with E-state index in [0.717, 1.165) is 6.42 Å². The van der Waals surface area contributed by atoms with Crippen LogP contribution >= 0.6 is 0 Å². The Hall–Kier alpha value is -2.77. The van der Waals surface area contributed by atoms with Crippen LogP contribution in [0.4, 0.5) is 4.79 Å². The van der Waals surface area contributed by atoms with Gasteiger partial charge in [0.25, 0.3) is 0 Å². The first-order valence-corrected chi connectivity index (χ1v) is 13.5. The molecule has 1 aromatic carbocycles. The zero-order chi connectivity index (χ0) is 28.5. The molecule has 0 fully saturated rings. The van der Waals surface area contributed by atoms with Crippen LogP contribution in [0, 0.1) is 11.8 Å². The Morgan fingerprint density at radius 1 is 0.946 bits per heavy atom. The number of benzene rings is 1. The highest BCUT2D eigenvalue weighted by molar-refractivity contribution is 5.92. The van der Waals surface area contributed by atoms with E-state index in [1.807, 2.05) is 34.6 Å². The van der Waals surface area contributed by atoms with Crippen molar-refractivity contribution >= 4 is 17.9 Å². The molecule has 0 heterocycles. The van der Waals surface area contributed by atoms with Gasteiger partial charge < -0.3 is 25.4 Å². The van der Waals surface area contributed by atoms with Gasteiger partial charge in [0.15, 0.2) is 0 Å². The van der Waals surface area contributed by atoms with Gasteiger partial charge in [0.1, 0.15) is 23.4 Å². The Morgan fingerprint density at radius 3 is 1.97 bits per heavy atom. The van der Waals surface area contributed by atoms with Crippen molar-refractivity contribution in [3.05, 3.63) is 29.8 Å². The molecule has 0 aromatic heterocycles. The number of phenols is 1. The molecule has 210 valence electrons. The van der Waals surface area contributed by atoms with Gasteiger partial charge >= 0.3 is 6.09 Å². The second kappa shape index (κ2) is 14.2. The van der Waals surface area contributed by atoms with Gasteiger partial charge in [-0.25, -0.2) is 4.79 Å². The summed E-state index contributed by atoms with van der Waals surface area (Å²) in [6.07, 6.45) is 1.52. The summed E-state index contributed by atoms with van der Waals surface area (Å²) in [5, 5.41) is 15.6. The molecule has 0 aliphatic rings. The van der Waals surface area contributed by atoms with E-state index in [1.54, 1.807) is 37.8 Å². The van der Waals surface area contributed by atoms with Crippen molar-refractivity contribution in [1.29, 1.82) is 0 Å². The molecule has 0 saturated heterocycles. The largest absolute Gasteiger partial charge is 0.508 e. The molecule has 4 atom stereocenters. The van der Waals surface area contributed by atoms with E-state index in [1.165, 1.54) is 12.1 Å². The molecule has 0 bridgehead atoms. The minimum absolute atomic E-state index is 0.0709. The van der Waals surface area contributed by atoms with E-state index >= 15 is 0 Å². The third-order valence-corrected chi connectivity index (χ3v) is 6.21. The Morgan fingerprint density at radius 2 is 1.51 bits per heavy atom. The van der Waals surface area contributed by atoms with Gasteiger partial charge in [0, 0.05) is 12.1 Å². The normalized spacial score (nSPS) is 15.0. The molecule has 3 N–H and O–H groups in total. The van der Waals surface area contributed by atoms with Crippen molar-refractivity contribution in [3.8, 4) is 5.75 Å². The van der Waals surface area contributed by atoms with Crippen molar-refractivity contribution in [2.24, 2.45) is 11.8 Å². The molecular formula is C29H49N3O5. The van der Waals surface area contributed by atoms with E-state index in [2.05, 4.69) is 24.5 Å². The lowest BCUT2D eigenvalue weighted by molar-refractivity contribution is -0.146. The fraction of sp³-hybridized carbons (Fsp3) is 0.690. The molecule has 8 nitrogen and oxygen atoms in total. The molecule has 0 aliphatic carbocycles. The number of phenolic OH excluding ortho intramolecular Hbond substituents is 1. The maximum atomic E-state index is 14.3. The summed E-state index contributed by atoms with van der Waals surface area (Å²) in [6.45, 7) is 19.1. The lowest BCUT2D eigenvalue weighted by atomic mass is 9.93. The summed E-state index contributed by atoms with van der Waals surface area (Å²) >= 11 is 0. The van der Waals surface area contributed by atoms with Crippen molar-refractivity contribution in [2.75, 3.05) is 0 Å². The summed E-state index contributed by atoms with van der Waals surface area (Å²) in [5.74, 6) is -0.365. The Kier molecular flexibility index (Phi) is 12.4. The minimum Gasteiger partial charge on any atom is -0.508 e. The van der Waals surface area contributed by atoms with Crippen LogP contribution in [-0.2, 0) is 14.3 Å². The predicted molar refractivity (Wildman–Crippen MR) is 147 cm³/mol. The summed E-state index contributed by atoms with van der Waals surface area (Å²) < 4.78 is 5.46. The average Bonchev–Trinajstić information content (AvgIpc) is 2.77. The van der Waals surface area contributed by atoms with E-state index in [-0.39, 0.29) is 35.6 Å². The van der Waals surface area contributed by atoms with Gasteiger partial charge in [0.05, 0.1) is 0 Å². The molecule has 0 saturated carbocycles. The number of carbonyl (C=O) groups excluding carboxylic acids is 3. The van der Waals surface area contributed by atoms with Gasteiger partial charge in [0.2, 0.25) is 11.8 Å².